The molecular formula is C17H22N2O3. The summed E-state index contributed by atoms with van der Waals surface area (Å²) in [6.45, 7) is 6.98. The quantitative estimate of drug-likeness (QED) is 0.794. The van der Waals surface area contributed by atoms with Crippen LogP contribution in [0.3, 0.4) is 0 Å². The molecule has 0 unspecified atom stereocenters. The first-order chi connectivity index (χ1) is 10.6. The van der Waals surface area contributed by atoms with E-state index < -0.39 is 6.10 Å². The number of ether oxygens (including phenoxy) is 1. The lowest BCUT2D eigenvalue weighted by Crippen LogP contribution is -2.56. The van der Waals surface area contributed by atoms with Gasteiger partial charge in [0, 0.05) is 32.8 Å². The average molecular weight is 302 g/mol. The molecule has 22 heavy (non-hydrogen) atoms. The summed E-state index contributed by atoms with van der Waals surface area (Å²) in [5.41, 5.74) is 0.840. The lowest BCUT2D eigenvalue weighted by Gasteiger charge is -2.40. The summed E-state index contributed by atoms with van der Waals surface area (Å²) in [4.78, 5) is 27.9. The molecule has 1 aliphatic heterocycles. The Balaban J connectivity index is 2.07. The van der Waals surface area contributed by atoms with E-state index in [4.69, 9.17) is 4.74 Å². The summed E-state index contributed by atoms with van der Waals surface area (Å²) < 4.78 is 5.39. The van der Waals surface area contributed by atoms with Crippen molar-refractivity contribution < 1.29 is 14.3 Å². The molecule has 1 heterocycles. The van der Waals surface area contributed by atoms with Crippen LogP contribution in [0.1, 0.15) is 18.6 Å². The van der Waals surface area contributed by atoms with E-state index in [1.807, 2.05) is 37.3 Å². The number of carbonyl (C=O) groups is 2. The Kier molecular flexibility index (Phi) is 5.33. The zero-order valence-corrected chi connectivity index (χ0v) is 13.1. The Labute approximate surface area is 131 Å². The van der Waals surface area contributed by atoms with Crippen LogP contribution in [-0.4, -0.2) is 54.4 Å². The molecule has 0 radical (unpaired) electrons. The third-order valence-electron chi connectivity index (χ3n) is 3.96. The van der Waals surface area contributed by atoms with E-state index in [1.54, 1.807) is 9.80 Å². The molecule has 1 aromatic carbocycles. The van der Waals surface area contributed by atoms with Gasteiger partial charge >= 0.3 is 0 Å². The monoisotopic (exact) mass is 302 g/mol. The van der Waals surface area contributed by atoms with Gasteiger partial charge in [0.1, 0.15) is 0 Å². The SMILES string of the molecule is C=CC(=O)N1CCN(C(=O)[C@H](OC)c2ccccc2)C[C@H]1C. The molecule has 5 heteroatoms. The van der Waals surface area contributed by atoms with E-state index in [0.717, 1.165) is 5.56 Å². The molecule has 0 bridgehead atoms. The molecule has 2 amide bonds. The van der Waals surface area contributed by atoms with Gasteiger partial charge in [0.25, 0.3) is 5.91 Å². The first-order valence-corrected chi connectivity index (χ1v) is 7.38. The van der Waals surface area contributed by atoms with Crippen LogP contribution in [0, 0.1) is 0 Å². The molecular weight excluding hydrogens is 280 g/mol. The fourth-order valence-electron chi connectivity index (χ4n) is 2.78. The van der Waals surface area contributed by atoms with Crippen molar-refractivity contribution in [1.29, 1.82) is 0 Å². The predicted molar refractivity (Wildman–Crippen MR) is 84.1 cm³/mol. The molecule has 1 aliphatic rings. The molecule has 0 N–H and O–H groups in total. The van der Waals surface area contributed by atoms with Crippen molar-refractivity contribution in [3.8, 4) is 0 Å². The second-order valence-electron chi connectivity index (χ2n) is 5.40. The normalized spacial score (nSPS) is 19.6. The number of benzene rings is 1. The number of amides is 2. The van der Waals surface area contributed by atoms with E-state index in [2.05, 4.69) is 6.58 Å². The van der Waals surface area contributed by atoms with Crippen LogP contribution >= 0.6 is 0 Å². The summed E-state index contributed by atoms with van der Waals surface area (Å²) in [6.07, 6.45) is 0.714. The Hall–Kier alpha value is -2.14. The molecule has 1 saturated heterocycles. The number of carbonyl (C=O) groups excluding carboxylic acids is 2. The lowest BCUT2D eigenvalue weighted by atomic mass is 10.1. The van der Waals surface area contributed by atoms with Crippen molar-refractivity contribution >= 4 is 11.8 Å². The molecule has 1 aromatic rings. The summed E-state index contributed by atoms with van der Waals surface area (Å²) >= 11 is 0. The van der Waals surface area contributed by atoms with Crippen LogP contribution in [0.2, 0.25) is 0 Å². The molecule has 0 spiro atoms. The first-order valence-electron chi connectivity index (χ1n) is 7.38. The average Bonchev–Trinajstić information content (AvgIpc) is 2.55. The second kappa shape index (κ2) is 7.22. The van der Waals surface area contributed by atoms with Gasteiger partial charge in [0.05, 0.1) is 0 Å². The Bertz CT molecular complexity index is 544. The Morgan fingerprint density at radius 2 is 2.00 bits per heavy atom. The number of hydrogen-bond donors (Lipinski definition) is 0. The maximum atomic E-state index is 12.7. The van der Waals surface area contributed by atoms with E-state index in [-0.39, 0.29) is 17.9 Å². The van der Waals surface area contributed by atoms with Gasteiger partial charge in [-0.2, -0.15) is 0 Å². The van der Waals surface area contributed by atoms with Crippen molar-refractivity contribution in [2.45, 2.75) is 19.1 Å². The van der Waals surface area contributed by atoms with Crippen LogP contribution in [0.4, 0.5) is 0 Å². The fraction of sp³-hybridized carbons (Fsp3) is 0.412. The van der Waals surface area contributed by atoms with E-state index >= 15 is 0 Å². The van der Waals surface area contributed by atoms with Gasteiger partial charge in [-0.05, 0) is 18.6 Å². The number of methoxy groups -OCH3 is 1. The van der Waals surface area contributed by atoms with E-state index in [1.165, 1.54) is 13.2 Å². The molecule has 2 rings (SSSR count). The van der Waals surface area contributed by atoms with Crippen molar-refractivity contribution in [3.05, 3.63) is 48.6 Å². The Morgan fingerprint density at radius 1 is 1.32 bits per heavy atom. The van der Waals surface area contributed by atoms with Gasteiger partial charge in [0.2, 0.25) is 5.91 Å². The number of nitrogens with zero attached hydrogens (tertiary/aromatic N) is 2. The summed E-state index contributed by atoms with van der Waals surface area (Å²) in [5.74, 6) is -0.155. The standard InChI is InChI=1S/C17H22N2O3/c1-4-15(20)19-11-10-18(12-13(19)2)17(21)16(22-3)14-8-6-5-7-9-14/h4-9,13,16H,1,10-12H2,2-3H3/t13-,16-/m1/s1. The van der Waals surface area contributed by atoms with Crippen molar-refractivity contribution in [3.63, 3.8) is 0 Å². The minimum absolute atomic E-state index is 0.0310. The van der Waals surface area contributed by atoms with E-state index in [9.17, 15) is 9.59 Å². The van der Waals surface area contributed by atoms with Crippen molar-refractivity contribution in [2.24, 2.45) is 0 Å². The molecule has 118 valence electrons. The highest BCUT2D eigenvalue weighted by Crippen LogP contribution is 2.21. The minimum Gasteiger partial charge on any atom is -0.367 e. The smallest absolute Gasteiger partial charge is 0.256 e. The maximum Gasteiger partial charge on any atom is 0.256 e. The highest BCUT2D eigenvalue weighted by Gasteiger charge is 2.32. The number of rotatable bonds is 4. The van der Waals surface area contributed by atoms with Crippen LogP contribution in [-0.2, 0) is 14.3 Å². The van der Waals surface area contributed by atoms with Crippen LogP contribution < -0.4 is 0 Å². The van der Waals surface area contributed by atoms with Gasteiger partial charge in [-0.15, -0.1) is 0 Å². The zero-order chi connectivity index (χ0) is 16.1. The molecule has 2 atom stereocenters. The van der Waals surface area contributed by atoms with Crippen LogP contribution in [0.5, 0.6) is 0 Å². The highest BCUT2D eigenvalue weighted by molar-refractivity contribution is 5.88. The van der Waals surface area contributed by atoms with Gasteiger partial charge in [-0.1, -0.05) is 36.9 Å². The first kappa shape index (κ1) is 16.2. The second-order valence-corrected chi connectivity index (χ2v) is 5.40. The van der Waals surface area contributed by atoms with Gasteiger partial charge in [-0.3, -0.25) is 9.59 Å². The molecule has 5 nitrogen and oxygen atoms in total. The van der Waals surface area contributed by atoms with Gasteiger partial charge < -0.3 is 14.5 Å². The van der Waals surface area contributed by atoms with Crippen molar-refractivity contribution in [1.82, 2.24) is 9.80 Å². The molecule has 1 fully saturated rings. The fourth-order valence-corrected chi connectivity index (χ4v) is 2.78. The predicted octanol–water partition coefficient (Wildman–Crippen LogP) is 1.62. The van der Waals surface area contributed by atoms with Crippen molar-refractivity contribution in [2.75, 3.05) is 26.7 Å². The molecule has 0 aliphatic carbocycles. The maximum absolute atomic E-state index is 12.7. The third kappa shape index (κ3) is 3.36. The number of piperazine rings is 1. The Morgan fingerprint density at radius 3 is 2.55 bits per heavy atom. The number of hydrogen-bond acceptors (Lipinski definition) is 3. The molecule has 0 aromatic heterocycles. The third-order valence-corrected chi connectivity index (χ3v) is 3.96. The lowest BCUT2D eigenvalue weighted by molar-refractivity contribution is -0.148. The highest BCUT2D eigenvalue weighted by atomic mass is 16.5. The largest absolute Gasteiger partial charge is 0.367 e. The van der Waals surface area contributed by atoms with E-state index in [0.29, 0.717) is 19.6 Å². The summed E-state index contributed by atoms with van der Waals surface area (Å²) in [5, 5.41) is 0. The topological polar surface area (TPSA) is 49.9 Å². The van der Waals surface area contributed by atoms with Gasteiger partial charge in [-0.25, -0.2) is 0 Å². The molecule has 0 saturated carbocycles. The van der Waals surface area contributed by atoms with Gasteiger partial charge in [0.15, 0.2) is 6.10 Å². The summed E-state index contributed by atoms with van der Waals surface area (Å²) in [6, 6.07) is 9.41. The van der Waals surface area contributed by atoms with Crippen LogP contribution in [0.15, 0.2) is 43.0 Å². The van der Waals surface area contributed by atoms with Crippen LogP contribution in [0.25, 0.3) is 0 Å². The zero-order valence-electron chi connectivity index (χ0n) is 13.1. The minimum atomic E-state index is -0.602. The summed E-state index contributed by atoms with van der Waals surface area (Å²) in [7, 11) is 1.54.